The van der Waals surface area contributed by atoms with Crippen molar-refractivity contribution < 1.29 is 9.47 Å². The predicted molar refractivity (Wildman–Crippen MR) is 92.4 cm³/mol. The minimum atomic E-state index is 0. The first-order valence-corrected chi connectivity index (χ1v) is 7.89. The van der Waals surface area contributed by atoms with Gasteiger partial charge < -0.3 is 9.47 Å². The third-order valence-electron chi connectivity index (χ3n) is 3.79. The molecule has 2 nitrogen and oxygen atoms in total. The zero-order valence-electron chi connectivity index (χ0n) is 13.5. The molecule has 0 radical (unpaired) electrons. The summed E-state index contributed by atoms with van der Waals surface area (Å²) in [5, 5.41) is 0. The molecule has 0 aromatic heterocycles. The van der Waals surface area contributed by atoms with Crippen LogP contribution in [-0.4, -0.2) is 48.9 Å². The van der Waals surface area contributed by atoms with Crippen molar-refractivity contribution in [1.29, 1.82) is 0 Å². The third-order valence-corrected chi connectivity index (χ3v) is 3.79. The van der Waals surface area contributed by atoms with E-state index in [9.17, 15) is 0 Å². The van der Waals surface area contributed by atoms with Crippen LogP contribution in [0.2, 0.25) is 0 Å². The summed E-state index contributed by atoms with van der Waals surface area (Å²) in [6.07, 6.45) is 5.07. The van der Waals surface area contributed by atoms with Crippen molar-refractivity contribution in [2.45, 2.75) is 59.5 Å². The van der Waals surface area contributed by atoms with Crippen molar-refractivity contribution in [2.75, 3.05) is 13.2 Å². The summed E-state index contributed by atoms with van der Waals surface area (Å²) in [6.45, 7) is 10.2. The number of ether oxygens (including phenoxy) is 2. The standard InChI is InChI=1S/C18H30O2.Na.H/c1-5-7-11-14-18(3,4)17(15-19-6-2)20-16-12-9-8-10-13-16;;/h8-10,12-13,17H,5-7,11,14-15H2,1-4H3;;. The van der Waals surface area contributed by atoms with Gasteiger partial charge in [0.25, 0.3) is 0 Å². The molecule has 1 unspecified atom stereocenters. The van der Waals surface area contributed by atoms with Crippen molar-refractivity contribution in [3.8, 4) is 5.75 Å². The van der Waals surface area contributed by atoms with Crippen molar-refractivity contribution in [3.63, 3.8) is 0 Å². The summed E-state index contributed by atoms with van der Waals surface area (Å²) in [6, 6.07) is 10.1. The first kappa shape index (κ1) is 21.0. The second-order valence-corrected chi connectivity index (χ2v) is 6.02. The maximum atomic E-state index is 6.19. The molecular formula is C18H31NaO2. The number of rotatable bonds is 10. The van der Waals surface area contributed by atoms with Gasteiger partial charge in [-0.15, -0.1) is 0 Å². The van der Waals surface area contributed by atoms with Crippen LogP contribution in [0.1, 0.15) is 53.4 Å². The molecule has 0 aliphatic heterocycles. The van der Waals surface area contributed by atoms with Crippen LogP contribution >= 0.6 is 0 Å². The molecule has 0 saturated carbocycles. The summed E-state index contributed by atoms with van der Waals surface area (Å²) in [7, 11) is 0. The first-order chi connectivity index (χ1) is 9.60. The van der Waals surface area contributed by atoms with Crippen LogP contribution in [0.5, 0.6) is 5.75 Å². The van der Waals surface area contributed by atoms with Crippen LogP contribution in [0.25, 0.3) is 0 Å². The van der Waals surface area contributed by atoms with Gasteiger partial charge in [0.2, 0.25) is 0 Å². The SMILES string of the molecule is CCCCCC(C)(C)C(COCC)Oc1ccccc1.[NaH]. The van der Waals surface area contributed by atoms with E-state index in [1.165, 1.54) is 25.7 Å². The van der Waals surface area contributed by atoms with Gasteiger partial charge in [0.1, 0.15) is 11.9 Å². The van der Waals surface area contributed by atoms with Gasteiger partial charge in [-0.3, -0.25) is 0 Å². The van der Waals surface area contributed by atoms with E-state index in [-0.39, 0.29) is 41.1 Å². The van der Waals surface area contributed by atoms with Gasteiger partial charge >= 0.3 is 29.6 Å². The van der Waals surface area contributed by atoms with E-state index >= 15 is 0 Å². The van der Waals surface area contributed by atoms with Crippen LogP contribution in [0.3, 0.4) is 0 Å². The molecule has 0 fully saturated rings. The average molecular weight is 302 g/mol. The molecule has 0 spiro atoms. The van der Waals surface area contributed by atoms with Gasteiger partial charge in [-0.2, -0.15) is 0 Å². The van der Waals surface area contributed by atoms with Gasteiger partial charge in [-0.05, 0) is 25.5 Å². The average Bonchev–Trinajstić information content (AvgIpc) is 2.44. The Bertz CT molecular complexity index is 351. The zero-order valence-corrected chi connectivity index (χ0v) is 13.5. The van der Waals surface area contributed by atoms with Crippen LogP contribution in [0, 0.1) is 5.41 Å². The molecule has 0 saturated heterocycles. The zero-order chi connectivity index (χ0) is 14.8. The fraction of sp³-hybridized carbons (Fsp3) is 0.667. The fourth-order valence-electron chi connectivity index (χ4n) is 2.30. The van der Waals surface area contributed by atoms with Gasteiger partial charge in [0, 0.05) is 12.0 Å². The van der Waals surface area contributed by atoms with Crippen LogP contribution in [0.15, 0.2) is 30.3 Å². The normalized spacial score (nSPS) is 12.6. The molecule has 0 aliphatic rings. The van der Waals surface area contributed by atoms with Gasteiger partial charge in [0.15, 0.2) is 0 Å². The van der Waals surface area contributed by atoms with Crippen molar-refractivity contribution in [2.24, 2.45) is 5.41 Å². The second-order valence-electron chi connectivity index (χ2n) is 6.02. The summed E-state index contributed by atoms with van der Waals surface area (Å²) in [5.41, 5.74) is 0.125. The quantitative estimate of drug-likeness (QED) is 0.470. The number of para-hydroxylation sites is 1. The molecule has 0 N–H and O–H groups in total. The number of hydrogen-bond acceptors (Lipinski definition) is 2. The number of benzene rings is 1. The van der Waals surface area contributed by atoms with E-state index in [0.29, 0.717) is 6.61 Å². The van der Waals surface area contributed by atoms with Crippen molar-refractivity contribution in [1.82, 2.24) is 0 Å². The van der Waals surface area contributed by atoms with E-state index in [1.807, 2.05) is 37.3 Å². The van der Waals surface area contributed by atoms with Crippen molar-refractivity contribution >= 4 is 29.6 Å². The molecule has 1 atom stereocenters. The molecule has 0 bridgehead atoms. The monoisotopic (exact) mass is 302 g/mol. The number of unbranched alkanes of at least 4 members (excludes halogenated alkanes) is 2. The first-order valence-electron chi connectivity index (χ1n) is 7.89. The molecule has 116 valence electrons. The minimum absolute atomic E-state index is 0. The van der Waals surface area contributed by atoms with Gasteiger partial charge in [-0.1, -0.05) is 58.2 Å². The molecule has 1 aromatic carbocycles. The van der Waals surface area contributed by atoms with E-state index < -0.39 is 0 Å². The van der Waals surface area contributed by atoms with Crippen molar-refractivity contribution in [3.05, 3.63) is 30.3 Å². The number of hydrogen-bond donors (Lipinski definition) is 0. The Morgan fingerprint density at radius 3 is 2.29 bits per heavy atom. The predicted octanol–water partition coefficient (Wildman–Crippen LogP) is 4.43. The molecule has 1 aromatic rings. The Kier molecular flexibility index (Phi) is 11.5. The van der Waals surface area contributed by atoms with E-state index in [4.69, 9.17) is 9.47 Å². The molecule has 1 rings (SSSR count). The maximum absolute atomic E-state index is 6.19. The summed E-state index contributed by atoms with van der Waals surface area (Å²) < 4.78 is 11.8. The molecule has 0 heterocycles. The fourth-order valence-corrected chi connectivity index (χ4v) is 2.30. The summed E-state index contributed by atoms with van der Waals surface area (Å²) in [5.74, 6) is 0.931. The van der Waals surface area contributed by atoms with E-state index in [2.05, 4.69) is 20.8 Å². The van der Waals surface area contributed by atoms with E-state index in [0.717, 1.165) is 12.4 Å². The van der Waals surface area contributed by atoms with E-state index in [1.54, 1.807) is 0 Å². The molecular weight excluding hydrogens is 271 g/mol. The topological polar surface area (TPSA) is 18.5 Å². The Balaban J connectivity index is 0.00000400. The Morgan fingerprint density at radius 2 is 1.71 bits per heavy atom. The second kappa shape index (κ2) is 11.5. The molecule has 0 aliphatic carbocycles. The third kappa shape index (κ3) is 8.25. The Labute approximate surface area is 152 Å². The van der Waals surface area contributed by atoms with Gasteiger partial charge in [0.05, 0.1) is 6.61 Å². The van der Waals surface area contributed by atoms with Crippen LogP contribution in [0.4, 0.5) is 0 Å². The van der Waals surface area contributed by atoms with Crippen LogP contribution in [-0.2, 0) is 4.74 Å². The molecule has 3 heteroatoms. The Hall–Kier alpha value is -0.0200. The van der Waals surface area contributed by atoms with Crippen LogP contribution < -0.4 is 4.74 Å². The van der Waals surface area contributed by atoms with Gasteiger partial charge in [-0.25, -0.2) is 0 Å². The molecule has 21 heavy (non-hydrogen) atoms. The summed E-state index contributed by atoms with van der Waals surface area (Å²) in [4.78, 5) is 0. The Morgan fingerprint density at radius 1 is 1.05 bits per heavy atom. The molecule has 0 amide bonds. The summed E-state index contributed by atoms with van der Waals surface area (Å²) >= 11 is 0.